The molecule has 0 aliphatic heterocycles. The number of carbonyl (C=O) groups is 2. The van der Waals surface area contributed by atoms with E-state index in [0.29, 0.717) is 6.42 Å². The Kier molecular flexibility index (Phi) is 6.15. The van der Waals surface area contributed by atoms with Crippen LogP contribution in [0.4, 0.5) is 4.79 Å². The van der Waals surface area contributed by atoms with Crippen molar-refractivity contribution in [2.45, 2.75) is 20.0 Å². The molecular formula is C14H17NO4. The van der Waals surface area contributed by atoms with E-state index in [1.165, 1.54) is 7.11 Å². The van der Waals surface area contributed by atoms with Crippen LogP contribution in [0.2, 0.25) is 0 Å². The molecule has 0 fully saturated rings. The minimum atomic E-state index is -0.686. The number of allylic oxidation sites excluding steroid dienone is 1. The summed E-state index contributed by atoms with van der Waals surface area (Å²) in [7, 11) is 1.25. The molecule has 0 bridgehead atoms. The second-order valence-electron chi connectivity index (χ2n) is 3.70. The van der Waals surface area contributed by atoms with Crippen molar-refractivity contribution in [1.82, 2.24) is 5.32 Å². The topological polar surface area (TPSA) is 64.6 Å². The van der Waals surface area contributed by atoms with E-state index in [9.17, 15) is 9.59 Å². The van der Waals surface area contributed by atoms with Crippen molar-refractivity contribution >= 4 is 12.1 Å². The molecule has 0 atom stereocenters. The summed E-state index contributed by atoms with van der Waals surface area (Å²) in [5, 5.41) is 2.36. The lowest BCUT2D eigenvalue weighted by molar-refractivity contribution is -0.136. The van der Waals surface area contributed by atoms with E-state index in [2.05, 4.69) is 10.1 Å². The normalized spacial score (nSPS) is 10.7. The molecule has 0 unspecified atom stereocenters. The maximum absolute atomic E-state index is 11.5. The Bertz CT molecular complexity index is 454. The molecule has 0 radical (unpaired) electrons. The number of benzene rings is 1. The third-order valence-electron chi connectivity index (χ3n) is 2.26. The molecule has 0 saturated carbocycles. The summed E-state index contributed by atoms with van der Waals surface area (Å²) in [6.07, 6.45) is 1.48. The fourth-order valence-electron chi connectivity index (χ4n) is 1.37. The molecule has 0 spiro atoms. The Morgan fingerprint density at radius 1 is 1.26 bits per heavy atom. The summed E-state index contributed by atoms with van der Waals surface area (Å²) in [6, 6.07) is 9.27. The third-order valence-corrected chi connectivity index (χ3v) is 2.26. The molecule has 1 aromatic rings. The van der Waals surface area contributed by atoms with Gasteiger partial charge < -0.3 is 9.47 Å². The van der Waals surface area contributed by atoms with Crippen LogP contribution in [0, 0.1) is 0 Å². The zero-order valence-corrected chi connectivity index (χ0v) is 11.0. The summed E-state index contributed by atoms with van der Waals surface area (Å²) in [4.78, 5) is 22.9. The van der Waals surface area contributed by atoms with Gasteiger partial charge in [-0.2, -0.15) is 0 Å². The van der Waals surface area contributed by atoms with Crippen molar-refractivity contribution in [2.75, 3.05) is 7.11 Å². The highest BCUT2D eigenvalue weighted by molar-refractivity contribution is 5.92. The highest BCUT2D eigenvalue weighted by Gasteiger charge is 2.13. The molecule has 0 aliphatic rings. The number of rotatable bonds is 5. The Balaban J connectivity index is 2.50. The van der Waals surface area contributed by atoms with Crippen LogP contribution in [0.15, 0.2) is 42.1 Å². The number of ether oxygens (including phenoxy) is 2. The first-order valence-corrected chi connectivity index (χ1v) is 5.93. The molecule has 5 nitrogen and oxygen atoms in total. The van der Waals surface area contributed by atoms with Crippen LogP contribution in [0.25, 0.3) is 0 Å². The van der Waals surface area contributed by atoms with Crippen LogP contribution >= 0.6 is 0 Å². The number of alkyl carbamates (subject to hydrolysis) is 1. The van der Waals surface area contributed by atoms with Crippen LogP contribution < -0.4 is 5.32 Å². The van der Waals surface area contributed by atoms with Crippen LogP contribution in [0.1, 0.15) is 18.9 Å². The van der Waals surface area contributed by atoms with Gasteiger partial charge in [-0.05, 0) is 12.0 Å². The molecule has 0 heterocycles. The molecule has 1 aromatic carbocycles. The van der Waals surface area contributed by atoms with E-state index in [0.717, 1.165) is 5.56 Å². The lowest BCUT2D eigenvalue weighted by atomic mass is 10.2. The monoisotopic (exact) mass is 263 g/mol. The molecular weight excluding hydrogens is 246 g/mol. The van der Waals surface area contributed by atoms with E-state index < -0.39 is 12.1 Å². The molecule has 0 aliphatic carbocycles. The zero-order valence-electron chi connectivity index (χ0n) is 11.0. The quantitative estimate of drug-likeness (QED) is 0.654. The number of esters is 1. The van der Waals surface area contributed by atoms with Gasteiger partial charge in [0.25, 0.3) is 0 Å². The number of nitrogens with one attached hydrogen (secondary N) is 1. The molecule has 5 heteroatoms. The fraction of sp³-hybridized carbons (Fsp3) is 0.286. The van der Waals surface area contributed by atoms with Gasteiger partial charge in [-0.3, -0.25) is 5.32 Å². The second kappa shape index (κ2) is 7.92. The maximum Gasteiger partial charge on any atom is 0.412 e. The van der Waals surface area contributed by atoms with Gasteiger partial charge in [0.2, 0.25) is 0 Å². The Morgan fingerprint density at radius 2 is 1.95 bits per heavy atom. The van der Waals surface area contributed by atoms with Gasteiger partial charge in [0.1, 0.15) is 12.3 Å². The lowest BCUT2D eigenvalue weighted by Crippen LogP contribution is -2.28. The number of hydrogen-bond acceptors (Lipinski definition) is 4. The lowest BCUT2D eigenvalue weighted by Gasteiger charge is -2.08. The molecule has 1 N–H and O–H groups in total. The van der Waals surface area contributed by atoms with Gasteiger partial charge >= 0.3 is 12.1 Å². The molecule has 1 amide bonds. The fourth-order valence-corrected chi connectivity index (χ4v) is 1.37. The maximum atomic E-state index is 11.5. The van der Waals surface area contributed by atoms with E-state index in [1.807, 2.05) is 37.3 Å². The summed E-state index contributed by atoms with van der Waals surface area (Å²) >= 11 is 0. The van der Waals surface area contributed by atoms with Gasteiger partial charge in [0.15, 0.2) is 0 Å². The first kappa shape index (κ1) is 14.8. The SMILES string of the molecule is CC/C=C(/NC(=O)OCc1ccccc1)C(=O)OC. The molecule has 0 aromatic heterocycles. The van der Waals surface area contributed by atoms with Gasteiger partial charge in [-0.1, -0.05) is 43.3 Å². The van der Waals surface area contributed by atoms with E-state index in [1.54, 1.807) is 6.08 Å². The smallest absolute Gasteiger partial charge is 0.412 e. The molecule has 102 valence electrons. The summed E-state index contributed by atoms with van der Waals surface area (Å²) in [6.45, 7) is 1.99. The minimum absolute atomic E-state index is 0.0862. The van der Waals surface area contributed by atoms with Crippen molar-refractivity contribution in [3.8, 4) is 0 Å². The van der Waals surface area contributed by atoms with Gasteiger partial charge in [0.05, 0.1) is 7.11 Å². The number of methoxy groups -OCH3 is 1. The highest BCUT2D eigenvalue weighted by Crippen LogP contribution is 2.02. The first-order chi connectivity index (χ1) is 9.17. The van der Waals surface area contributed by atoms with Crippen LogP contribution in [-0.4, -0.2) is 19.2 Å². The average Bonchev–Trinajstić information content (AvgIpc) is 2.45. The van der Waals surface area contributed by atoms with Crippen molar-refractivity contribution in [2.24, 2.45) is 0 Å². The van der Waals surface area contributed by atoms with Gasteiger partial charge in [-0.25, -0.2) is 9.59 Å². The summed E-state index contributed by atoms with van der Waals surface area (Å²) in [5.74, 6) is -0.599. The van der Waals surface area contributed by atoms with Crippen molar-refractivity contribution in [3.05, 3.63) is 47.7 Å². The summed E-state index contributed by atoms with van der Waals surface area (Å²) in [5.41, 5.74) is 0.958. The second-order valence-corrected chi connectivity index (χ2v) is 3.70. The number of hydrogen-bond donors (Lipinski definition) is 1. The average molecular weight is 263 g/mol. The standard InChI is InChI=1S/C14H17NO4/c1-3-7-12(13(16)18-2)15-14(17)19-10-11-8-5-4-6-9-11/h4-9H,3,10H2,1-2H3,(H,15,17)/b12-7+. The van der Waals surface area contributed by atoms with Gasteiger partial charge in [-0.15, -0.1) is 0 Å². The molecule has 0 saturated heterocycles. The van der Waals surface area contributed by atoms with E-state index in [-0.39, 0.29) is 12.3 Å². The van der Waals surface area contributed by atoms with Crippen molar-refractivity contribution in [1.29, 1.82) is 0 Å². The zero-order chi connectivity index (χ0) is 14.1. The van der Waals surface area contributed by atoms with Crippen LogP contribution in [0.5, 0.6) is 0 Å². The van der Waals surface area contributed by atoms with E-state index >= 15 is 0 Å². The van der Waals surface area contributed by atoms with Crippen molar-refractivity contribution < 1.29 is 19.1 Å². The highest BCUT2D eigenvalue weighted by atomic mass is 16.6. The van der Waals surface area contributed by atoms with Crippen LogP contribution in [-0.2, 0) is 20.9 Å². The summed E-state index contributed by atoms with van der Waals surface area (Å²) < 4.78 is 9.55. The Labute approximate surface area is 112 Å². The largest absolute Gasteiger partial charge is 0.464 e. The van der Waals surface area contributed by atoms with Gasteiger partial charge in [0, 0.05) is 0 Å². The Morgan fingerprint density at radius 3 is 2.53 bits per heavy atom. The number of amides is 1. The molecule has 19 heavy (non-hydrogen) atoms. The van der Waals surface area contributed by atoms with Crippen molar-refractivity contribution in [3.63, 3.8) is 0 Å². The van der Waals surface area contributed by atoms with Crippen LogP contribution in [0.3, 0.4) is 0 Å². The molecule has 1 rings (SSSR count). The first-order valence-electron chi connectivity index (χ1n) is 5.93. The number of carbonyl (C=O) groups excluding carboxylic acids is 2. The third kappa shape index (κ3) is 5.25. The predicted molar refractivity (Wildman–Crippen MR) is 70.2 cm³/mol. The Hall–Kier alpha value is -2.30. The van der Waals surface area contributed by atoms with E-state index in [4.69, 9.17) is 4.74 Å². The minimum Gasteiger partial charge on any atom is -0.464 e. The predicted octanol–water partition coefficient (Wildman–Crippen LogP) is 2.38.